The highest BCUT2D eigenvalue weighted by Crippen LogP contribution is 1.98. The molecule has 0 fully saturated rings. The van der Waals surface area contributed by atoms with Gasteiger partial charge in [-0.3, -0.25) is 0 Å². The minimum atomic E-state index is -0.986. The molecule has 0 N–H and O–H groups in total. The van der Waals surface area contributed by atoms with E-state index in [1.54, 1.807) is 0 Å². The third-order valence-corrected chi connectivity index (χ3v) is 0. The Kier molecular flexibility index (Phi) is 10.8. The maximum Gasteiger partial charge on any atom is 0.158 e. The summed E-state index contributed by atoms with van der Waals surface area (Å²) in [7, 11) is -0.986. The average molecular weight is 242 g/mol. The van der Waals surface area contributed by atoms with Crippen LogP contribution in [0.4, 0.5) is 0 Å². The van der Waals surface area contributed by atoms with E-state index < -0.39 is 7.67 Å². The first-order valence-corrected chi connectivity index (χ1v) is 5.31. The second-order valence-electron chi connectivity index (χ2n) is 0.184. The van der Waals surface area contributed by atoms with Crippen molar-refractivity contribution in [2.24, 2.45) is 0 Å². The lowest BCUT2D eigenvalue weighted by Crippen LogP contribution is -1.38. The lowest BCUT2D eigenvalue weighted by molar-refractivity contribution is 0.700. The molecule has 0 bridgehead atoms. The molecule has 5 heavy (non-hydrogen) atoms. The van der Waals surface area contributed by atoms with Crippen molar-refractivity contribution in [2.75, 3.05) is 0 Å². The first-order chi connectivity index (χ1) is 1.73. The molecule has 5 heteroatoms. The Labute approximate surface area is 51.4 Å². The maximum absolute atomic E-state index is 9.39. The lowest BCUT2D eigenvalue weighted by Gasteiger charge is -1.52. The van der Waals surface area contributed by atoms with Crippen LogP contribution in [0.3, 0.4) is 0 Å². The number of hydrogen-bond acceptors (Lipinski definition) is 1. The van der Waals surface area contributed by atoms with E-state index in [1.165, 1.54) is 0 Å². The fourth-order valence-corrected chi connectivity index (χ4v) is 0. The van der Waals surface area contributed by atoms with Gasteiger partial charge in [-0.2, -0.15) is 9.90 Å². The van der Waals surface area contributed by atoms with Crippen LogP contribution >= 0.6 is 39.5 Å². The molecule has 0 aliphatic rings. The third-order valence-electron chi connectivity index (χ3n) is 0. The molecule has 0 heterocycles. The van der Waals surface area contributed by atoms with Gasteiger partial charge in [-0.05, 0) is 0 Å². The van der Waals surface area contributed by atoms with Crippen molar-refractivity contribution in [3.8, 4) is 0 Å². The van der Waals surface area contributed by atoms with Crippen molar-refractivity contribution >= 4 is 47.2 Å². The summed E-state index contributed by atoms with van der Waals surface area (Å²) in [6.07, 6.45) is 0. The molecule has 0 aliphatic heterocycles. The van der Waals surface area contributed by atoms with Gasteiger partial charge in [0.15, 0.2) is 7.67 Å². The van der Waals surface area contributed by atoms with Crippen LogP contribution in [0.15, 0.2) is 0 Å². The maximum atomic E-state index is 9.39. The van der Waals surface area contributed by atoms with Gasteiger partial charge in [0.05, 0.1) is 0 Å². The minimum absolute atomic E-state index is 0. The standard InChI is InChI=1S/Br2OS.H3P/c1-4(2)3;/h;1H3. The van der Waals surface area contributed by atoms with E-state index in [1.807, 2.05) is 0 Å². The van der Waals surface area contributed by atoms with E-state index in [4.69, 9.17) is 0 Å². The zero-order valence-electron chi connectivity index (χ0n) is 2.28. The van der Waals surface area contributed by atoms with Crippen molar-refractivity contribution in [1.82, 2.24) is 0 Å². The van der Waals surface area contributed by atoms with Crippen molar-refractivity contribution in [3.63, 3.8) is 0 Å². The van der Waals surface area contributed by atoms with Gasteiger partial charge in [-0.25, -0.2) is 4.21 Å². The number of rotatable bonds is 0. The largest absolute Gasteiger partial charge is 0.235 e. The molecule has 1 atom stereocenters. The molecule has 0 aromatic heterocycles. The summed E-state index contributed by atoms with van der Waals surface area (Å²) < 4.78 is 9.39. The van der Waals surface area contributed by atoms with E-state index >= 15 is 0 Å². The molecule has 34 valence electrons. The molecule has 1 unspecified atom stereocenters. The number of hydrogen-bond donors (Lipinski definition) is 0. The van der Waals surface area contributed by atoms with Crippen LogP contribution in [0.25, 0.3) is 0 Å². The smallest absolute Gasteiger partial charge is 0.158 e. The zero-order chi connectivity index (χ0) is 3.58. The monoisotopic (exact) mass is 240 g/mol. The van der Waals surface area contributed by atoms with Gasteiger partial charge in [0.2, 0.25) is 0 Å². The van der Waals surface area contributed by atoms with Crippen LogP contribution in [-0.2, 0) is 7.67 Å². The summed E-state index contributed by atoms with van der Waals surface area (Å²) in [5.41, 5.74) is 0. The van der Waals surface area contributed by atoms with E-state index in [2.05, 4.69) is 29.6 Å². The quantitative estimate of drug-likeness (QED) is 0.463. The van der Waals surface area contributed by atoms with Gasteiger partial charge < -0.3 is 0 Å². The highest BCUT2D eigenvalue weighted by Gasteiger charge is 1.66. The zero-order valence-corrected chi connectivity index (χ0v) is 7.68. The Balaban J connectivity index is 0. The van der Waals surface area contributed by atoms with Crippen LogP contribution in [0.1, 0.15) is 0 Å². The molecule has 0 aromatic rings. The summed E-state index contributed by atoms with van der Waals surface area (Å²) in [5, 5.41) is 0. The summed E-state index contributed by atoms with van der Waals surface area (Å²) in [5.74, 6) is 0. The summed E-state index contributed by atoms with van der Waals surface area (Å²) >= 11 is 5.32. The van der Waals surface area contributed by atoms with Gasteiger partial charge in [0.1, 0.15) is 0 Å². The van der Waals surface area contributed by atoms with Gasteiger partial charge in [-0.1, -0.05) is 0 Å². The molecule has 0 saturated carbocycles. The summed E-state index contributed by atoms with van der Waals surface area (Å²) in [6.45, 7) is 0. The molecular weight excluding hydrogens is 239 g/mol. The van der Waals surface area contributed by atoms with Crippen LogP contribution < -0.4 is 0 Å². The SMILES string of the molecule is O=S(Br)Br.P. The number of halogens is 2. The minimum Gasteiger partial charge on any atom is -0.235 e. The Morgan fingerprint density at radius 2 is 1.40 bits per heavy atom. The van der Waals surface area contributed by atoms with Crippen molar-refractivity contribution < 1.29 is 4.21 Å². The van der Waals surface area contributed by atoms with Gasteiger partial charge in [0, 0.05) is 29.6 Å². The van der Waals surface area contributed by atoms with E-state index in [9.17, 15) is 4.21 Å². The Morgan fingerprint density at radius 1 is 1.40 bits per heavy atom. The van der Waals surface area contributed by atoms with Crippen molar-refractivity contribution in [2.45, 2.75) is 0 Å². The molecule has 0 radical (unpaired) electrons. The molecule has 1 nitrogen and oxygen atoms in total. The predicted molar refractivity (Wildman–Crippen MR) is 37.1 cm³/mol. The van der Waals surface area contributed by atoms with Crippen LogP contribution in [0.5, 0.6) is 0 Å². The first-order valence-electron chi connectivity index (χ1n) is 0.475. The van der Waals surface area contributed by atoms with Crippen LogP contribution in [-0.4, -0.2) is 4.21 Å². The lowest BCUT2D eigenvalue weighted by atomic mass is 16.0. The average Bonchev–Trinajstić information content (AvgIpc) is 0.811. The van der Waals surface area contributed by atoms with E-state index in [0.29, 0.717) is 0 Å². The second-order valence-corrected chi connectivity index (χ2v) is 6.69. The summed E-state index contributed by atoms with van der Waals surface area (Å²) in [6, 6.07) is 0. The Hall–Kier alpha value is 1.54. The molecule has 0 aliphatic carbocycles. The van der Waals surface area contributed by atoms with Gasteiger partial charge >= 0.3 is 0 Å². The van der Waals surface area contributed by atoms with Crippen molar-refractivity contribution in [1.29, 1.82) is 0 Å². The summed E-state index contributed by atoms with van der Waals surface area (Å²) in [4.78, 5) is 0. The topological polar surface area (TPSA) is 17.1 Å². The van der Waals surface area contributed by atoms with E-state index in [-0.39, 0.29) is 9.90 Å². The third kappa shape index (κ3) is 29.3. The fourth-order valence-electron chi connectivity index (χ4n) is 0. The van der Waals surface area contributed by atoms with E-state index in [0.717, 1.165) is 0 Å². The molecule has 0 spiro atoms. The van der Waals surface area contributed by atoms with Crippen LogP contribution in [0.2, 0.25) is 0 Å². The molecule has 0 saturated heterocycles. The molecule has 0 amide bonds. The molecule has 0 aromatic carbocycles. The highest BCUT2D eigenvalue weighted by atomic mass is 79.9. The first kappa shape index (κ1) is 9.74. The second kappa shape index (κ2) is 5.54. The van der Waals surface area contributed by atoms with Gasteiger partial charge in [0.25, 0.3) is 0 Å². The molecule has 0 rings (SSSR count). The molecular formula is H3Br2OPS. The normalized spacial score (nSPS) is 7.00. The Morgan fingerprint density at radius 3 is 1.40 bits per heavy atom. The van der Waals surface area contributed by atoms with Crippen LogP contribution in [0, 0.1) is 0 Å². The highest BCUT2D eigenvalue weighted by molar-refractivity contribution is 9.78. The Bertz CT molecular complexity index is 32.6. The van der Waals surface area contributed by atoms with Gasteiger partial charge in [-0.15, -0.1) is 0 Å². The predicted octanol–water partition coefficient (Wildman–Crippen LogP) is 1.41. The fraction of sp³-hybridized carbons (Fsp3) is 0. The van der Waals surface area contributed by atoms with Crippen molar-refractivity contribution in [3.05, 3.63) is 0 Å².